The van der Waals surface area contributed by atoms with Crippen LogP contribution in [0.1, 0.15) is 5.56 Å². The van der Waals surface area contributed by atoms with Gasteiger partial charge in [0.2, 0.25) is 5.43 Å². The van der Waals surface area contributed by atoms with Crippen molar-refractivity contribution in [3.05, 3.63) is 67.4 Å². The Morgan fingerprint density at radius 3 is 2.65 bits per heavy atom. The number of ether oxygens (including phenoxy) is 1. The van der Waals surface area contributed by atoms with Crippen LogP contribution in [-0.2, 0) is 4.79 Å². The molecule has 0 aliphatic carbocycles. The minimum Gasteiger partial charge on any atom is -0.482 e. The fraction of sp³-hybridized carbons (Fsp3) is 0.105. The van der Waals surface area contributed by atoms with E-state index in [4.69, 9.17) is 16.3 Å². The van der Waals surface area contributed by atoms with Crippen molar-refractivity contribution in [3.63, 3.8) is 0 Å². The van der Waals surface area contributed by atoms with Crippen LogP contribution in [0, 0.1) is 6.92 Å². The normalized spacial score (nSPS) is 13.1. The summed E-state index contributed by atoms with van der Waals surface area (Å²) in [5.74, 6) is 0.226. The lowest BCUT2D eigenvalue weighted by Crippen LogP contribution is -2.35. The minimum absolute atomic E-state index is 0.0859. The Hall–Kier alpha value is -3.12. The SMILES string of the molecule is Cc1cc(Cl)ccc1Nc1c(-c2ccc3c(c2)OCC(=O)N3)c(=O)c1=O. The maximum absolute atomic E-state index is 12.1. The molecular formula is C19H13ClN2O4. The summed E-state index contributed by atoms with van der Waals surface area (Å²) >= 11 is 5.95. The Morgan fingerprint density at radius 2 is 1.88 bits per heavy atom. The van der Waals surface area contributed by atoms with Crippen LogP contribution in [0.3, 0.4) is 0 Å². The number of hydrogen-bond acceptors (Lipinski definition) is 5. The van der Waals surface area contributed by atoms with Gasteiger partial charge in [-0.15, -0.1) is 0 Å². The molecule has 4 rings (SSSR count). The van der Waals surface area contributed by atoms with Gasteiger partial charge in [-0.3, -0.25) is 14.4 Å². The largest absolute Gasteiger partial charge is 0.482 e. The van der Waals surface area contributed by atoms with Crippen molar-refractivity contribution in [1.29, 1.82) is 0 Å². The zero-order valence-electron chi connectivity index (χ0n) is 13.7. The molecule has 0 fully saturated rings. The predicted molar refractivity (Wildman–Crippen MR) is 100 cm³/mol. The van der Waals surface area contributed by atoms with E-state index in [-0.39, 0.29) is 18.2 Å². The molecule has 1 aliphatic rings. The average Bonchev–Trinajstić information content (AvgIpc) is 2.62. The summed E-state index contributed by atoms with van der Waals surface area (Å²) in [6.07, 6.45) is 0. The lowest BCUT2D eigenvalue weighted by Gasteiger charge is -2.20. The second-order valence-electron chi connectivity index (χ2n) is 6.04. The summed E-state index contributed by atoms with van der Waals surface area (Å²) < 4.78 is 5.38. The van der Waals surface area contributed by atoms with E-state index in [2.05, 4.69) is 10.6 Å². The summed E-state index contributed by atoms with van der Waals surface area (Å²) in [7, 11) is 0. The molecule has 0 atom stereocenters. The van der Waals surface area contributed by atoms with E-state index in [1.807, 2.05) is 6.92 Å². The summed E-state index contributed by atoms with van der Waals surface area (Å²) in [5.41, 5.74) is 2.05. The van der Waals surface area contributed by atoms with Crippen LogP contribution < -0.4 is 26.2 Å². The minimum atomic E-state index is -0.568. The second-order valence-corrected chi connectivity index (χ2v) is 6.48. The molecule has 3 aromatic carbocycles. The van der Waals surface area contributed by atoms with Crippen LogP contribution in [0.4, 0.5) is 17.1 Å². The highest BCUT2D eigenvalue weighted by atomic mass is 35.5. The first-order valence-corrected chi connectivity index (χ1v) is 8.25. The number of fused-ring (bicyclic) bond motifs is 1. The first-order chi connectivity index (χ1) is 12.4. The molecule has 0 spiro atoms. The molecule has 0 saturated heterocycles. The molecule has 6 nitrogen and oxygen atoms in total. The van der Waals surface area contributed by atoms with E-state index in [1.54, 1.807) is 36.4 Å². The lowest BCUT2D eigenvalue weighted by atomic mass is 9.97. The summed E-state index contributed by atoms with van der Waals surface area (Å²) in [6.45, 7) is 1.77. The van der Waals surface area contributed by atoms with Gasteiger partial charge in [-0.25, -0.2) is 0 Å². The van der Waals surface area contributed by atoms with Crippen LogP contribution in [-0.4, -0.2) is 12.5 Å². The quantitative estimate of drug-likeness (QED) is 0.694. The highest BCUT2D eigenvalue weighted by molar-refractivity contribution is 6.30. The summed E-state index contributed by atoms with van der Waals surface area (Å²) in [5, 5.41) is 6.31. The van der Waals surface area contributed by atoms with Gasteiger partial charge in [-0.1, -0.05) is 17.7 Å². The molecule has 0 bridgehead atoms. The Bertz CT molecular complexity index is 1130. The molecule has 1 aliphatic heterocycles. The molecule has 7 heteroatoms. The number of rotatable bonds is 3. The van der Waals surface area contributed by atoms with Crippen LogP contribution in [0.15, 0.2) is 46.0 Å². The van der Waals surface area contributed by atoms with E-state index in [9.17, 15) is 14.4 Å². The van der Waals surface area contributed by atoms with Gasteiger partial charge in [0.05, 0.1) is 11.3 Å². The van der Waals surface area contributed by atoms with Crippen molar-refractivity contribution < 1.29 is 9.53 Å². The van der Waals surface area contributed by atoms with Crippen LogP contribution in [0.5, 0.6) is 5.75 Å². The van der Waals surface area contributed by atoms with E-state index in [0.717, 1.165) is 5.56 Å². The Kier molecular flexibility index (Phi) is 3.77. The van der Waals surface area contributed by atoms with Crippen molar-refractivity contribution >= 4 is 34.6 Å². The van der Waals surface area contributed by atoms with Crippen LogP contribution in [0.2, 0.25) is 5.02 Å². The fourth-order valence-corrected chi connectivity index (χ4v) is 3.15. The van der Waals surface area contributed by atoms with Crippen molar-refractivity contribution in [1.82, 2.24) is 0 Å². The molecule has 0 saturated carbocycles. The molecule has 2 N–H and O–H groups in total. The number of anilines is 3. The van der Waals surface area contributed by atoms with Crippen molar-refractivity contribution in [2.45, 2.75) is 6.92 Å². The maximum atomic E-state index is 12.1. The Morgan fingerprint density at radius 1 is 1.08 bits per heavy atom. The number of aryl methyl sites for hydroxylation is 1. The van der Waals surface area contributed by atoms with Gasteiger partial charge in [-0.2, -0.15) is 0 Å². The first-order valence-electron chi connectivity index (χ1n) is 7.87. The number of nitrogens with one attached hydrogen (secondary N) is 2. The molecule has 26 heavy (non-hydrogen) atoms. The van der Waals surface area contributed by atoms with E-state index in [1.165, 1.54) is 0 Å². The van der Waals surface area contributed by atoms with E-state index in [0.29, 0.717) is 33.3 Å². The fourth-order valence-electron chi connectivity index (χ4n) is 2.92. The van der Waals surface area contributed by atoms with Gasteiger partial charge in [0.25, 0.3) is 11.3 Å². The Balaban J connectivity index is 1.73. The highest BCUT2D eigenvalue weighted by Crippen LogP contribution is 2.35. The summed E-state index contributed by atoms with van der Waals surface area (Å²) in [4.78, 5) is 35.6. The first kappa shape index (κ1) is 16.4. The molecule has 1 heterocycles. The number of carbonyl (C=O) groups excluding carboxylic acids is 1. The lowest BCUT2D eigenvalue weighted by molar-refractivity contribution is -0.118. The monoisotopic (exact) mass is 368 g/mol. The zero-order valence-corrected chi connectivity index (χ0v) is 14.4. The number of amides is 1. The standard InChI is InChI=1S/C19H13ClN2O4/c1-9-6-11(20)3-5-12(9)22-17-16(18(24)19(17)25)10-2-4-13-14(7-10)26-8-15(23)21-13/h2-7,22H,8H2,1H3,(H,21,23). The number of halogens is 1. The third-order valence-electron chi connectivity index (χ3n) is 4.26. The number of benzene rings is 2. The van der Waals surface area contributed by atoms with E-state index >= 15 is 0 Å². The maximum Gasteiger partial charge on any atom is 0.262 e. The smallest absolute Gasteiger partial charge is 0.262 e. The predicted octanol–water partition coefficient (Wildman–Crippen LogP) is 2.99. The topological polar surface area (TPSA) is 84.5 Å². The molecule has 0 aromatic heterocycles. The molecular weight excluding hydrogens is 356 g/mol. The van der Waals surface area contributed by atoms with Gasteiger partial charge < -0.3 is 15.4 Å². The van der Waals surface area contributed by atoms with Gasteiger partial charge in [0.1, 0.15) is 11.4 Å². The summed E-state index contributed by atoms with van der Waals surface area (Å²) in [6, 6.07) is 10.2. The molecule has 0 radical (unpaired) electrons. The molecule has 0 unspecified atom stereocenters. The van der Waals surface area contributed by atoms with Gasteiger partial charge in [0, 0.05) is 10.7 Å². The van der Waals surface area contributed by atoms with Crippen LogP contribution in [0.25, 0.3) is 11.1 Å². The van der Waals surface area contributed by atoms with E-state index < -0.39 is 10.9 Å². The van der Waals surface area contributed by atoms with Crippen molar-refractivity contribution in [2.24, 2.45) is 0 Å². The second kappa shape index (κ2) is 6.00. The van der Waals surface area contributed by atoms with Crippen LogP contribution >= 0.6 is 11.6 Å². The zero-order chi connectivity index (χ0) is 18.4. The third kappa shape index (κ3) is 2.64. The number of hydrogen-bond donors (Lipinski definition) is 2. The highest BCUT2D eigenvalue weighted by Gasteiger charge is 2.25. The molecule has 130 valence electrons. The van der Waals surface area contributed by atoms with Crippen molar-refractivity contribution in [3.8, 4) is 16.9 Å². The average molecular weight is 369 g/mol. The molecule has 3 aromatic rings. The van der Waals surface area contributed by atoms with Gasteiger partial charge in [-0.05, 0) is 48.4 Å². The van der Waals surface area contributed by atoms with Gasteiger partial charge in [0.15, 0.2) is 6.61 Å². The number of carbonyl (C=O) groups is 1. The van der Waals surface area contributed by atoms with Crippen molar-refractivity contribution in [2.75, 3.05) is 17.2 Å². The Labute approximate surface area is 153 Å². The van der Waals surface area contributed by atoms with Gasteiger partial charge >= 0.3 is 0 Å². The third-order valence-corrected chi connectivity index (χ3v) is 4.50. The molecule has 1 amide bonds.